The molecule has 1 N–H and O–H groups in total. The Kier molecular flexibility index (Phi) is 6.51. The van der Waals surface area contributed by atoms with Crippen LogP contribution in [0, 0.1) is 13.8 Å². The lowest BCUT2D eigenvalue weighted by Crippen LogP contribution is -2.09. The van der Waals surface area contributed by atoms with E-state index < -0.39 is 0 Å². The monoisotopic (exact) mass is 448 g/mol. The molecule has 0 saturated carbocycles. The lowest BCUT2D eigenvalue weighted by molar-refractivity contribution is 0.102. The number of ether oxygens (including phenoxy) is 1. The molecule has 0 bridgehead atoms. The first kappa shape index (κ1) is 19.9. The molecule has 1 aromatic carbocycles. The molecule has 0 unspecified atom stereocenters. The van der Waals surface area contributed by atoms with Crippen LogP contribution in [0.3, 0.4) is 0 Å². The number of ketones is 1. The van der Waals surface area contributed by atoms with Crippen molar-refractivity contribution >= 4 is 33.5 Å². The van der Waals surface area contributed by atoms with E-state index in [0.717, 1.165) is 33.5 Å². The molecule has 0 radical (unpaired) electrons. The number of carbonyl (C=O) groups excluding carboxylic acids is 1. The number of carbonyl (C=O) groups is 1. The first-order chi connectivity index (χ1) is 13.0. The summed E-state index contributed by atoms with van der Waals surface area (Å²) in [4.78, 5) is 17.1. The number of aromatic nitrogens is 4. The maximum Gasteiger partial charge on any atom is 0.209 e. The van der Waals surface area contributed by atoms with Crippen LogP contribution in [-0.4, -0.2) is 45.0 Å². The van der Waals surface area contributed by atoms with Crippen molar-refractivity contribution in [2.75, 3.05) is 19.5 Å². The van der Waals surface area contributed by atoms with E-state index in [1.165, 1.54) is 11.8 Å². The van der Waals surface area contributed by atoms with E-state index in [0.29, 0.717) is 23.3 Å². The smallest absolute Gasteiger partial charge is 0.209 e. The highest BCUT2D eigenvalue weighted by atomic mass is 79.9. The fourth-order valence-electron chi connectivity index (χ4n) is 2.87. The summed E-state index contributed by atoms with van der Waals surface area (Å²) in [5.41, 5.74) is 3.74. The van der Waals surface area contributed by atoms with Crippen molar-refractivity contribution in [3.8, 4) is 11.4 Å². The largest absolute Gasteiger partial charge is 0.383 e. The van der Waals surface area contributed by atoms with E-state index in [-0.39, 0.29) is 5.78 Å². The molecule has 0 aliphatic carbocycles. The van der Waals surface area contributed by atoms with Crippen LogP contribution in [0.1, 0.15) is 21.7 Å². The van der Waals surface area contributed by atoms with Gasteiger partial charge in [0.1, 0.15) is 0 Å². The van der Waals surface area contributed by atoms with Gasteiger partial charge in [-0.3, -0.25) is 9.89 Å². The van der Waals surface area contributed by atoms with Crippen LogP contribution in [0.15, 0.2) is 40.0 Å². The van der Waals surface area contributed by atoms with Gasteiger partial charge in [0, 0.05) is 40.6 Å². The van der Waals surface area contributed by atoms with Crippen LogP contribution in [0.4, 0.5) is 0 Å². The average Bonchev–Trinajstić information content (AvgIpc) is 3.24. The molecule has 142 valence electrons. The molecule has 0 aliphatic heterocycles. The fraction of sp³-hybridized carbons (Fsp3) is 0.316. The predicted molar refractivity (Wildman–Crippen MR) is 110 cm³/mol. The summed E-state index contributed by atoms with van der Waals surface area (Å²) in [5, 5.41) is 7.70. The van der Waals surface area contributed by atoms with Crippen molar-refractivity contribution in [1.82, 2.24) is 19.7 Å². The third-order valence-electron chi connectivity index (χ3n) is 4.31. The summed E-state index contributed by atoms with van der Waals surface area (Å²) in [6.07, 6.45) is 0. The highest BCUT2D eigenvalue weighted by Gasteiger charge is 2.17. The normalized spacial score (nSPS) is 11.1. The second kappa shape index (κ2) is 8.86. The molecule has 0 saturated heterocycles. The van der Waals surface area contributed by atoms with Gasteiger partial charge in [-0.15, -0.1) is 5.10 Å². The Bertz CT molecular complexity index is 934. The van der Waals surface area contributed by atoms with Crippen molar-refractivity contribution in [1.29, 1.82) is 0 Å². The average molecular weight is 449 g/mol. The SMILES string of the molecule is COCCn1c(C)cc(C(=O)CSc2n[nH]c(-c3ccc(Br)cc3)n2)c1C. The Balaban J connectivity index is 1.65. The van der Waals surface area contributed by atoms with Gasteiger partial charge in [-0.05, 0) is 32.0 Å². The molecule has 3 aromatic rings. The maximum absolute atomic E-state index is 12.7. The van der Waals surface area contributed by atoms with Crippen LogP contribution in [0.5, 0.6) is 0 Å². The zero-order valence-corrected chi connectivity index (χ0v) is 17.9. The van der Waals surface area contributed by atoms with Gasteiger partial charge in [0.15, 0.2) is 11.6 Å². The first-order valence-electron chi connectivity index (χ1n) is 8.49. The van der Waals surface area contributed by atoms with E-state index in [4.69, 9.17) is 4.74 Å². The number of hydrogen-bond acceptors (Lipinski definition) is 5. The van der Waals surface area contributed by atoms with Gasteiger partial charge in [-0.25, -0.2) is 4.98 Å². The van der Waals surface area contributed by atoms with Crippen LogP contribution < -0.4 is 0 Å². The molecule has 0 spiro atoms. The Morgan fingerprint density at radius 3 is 2.74 bits per heavy atom. The predicted octanol–water partition coefficient (Wildman–Crippen LogP) is 4.27. The molecule has 0 aliphatic rings. The molecule has 0 amide bonds. The molecular formula is C19H21BrN4O2S. The summed E-state index contributed by atoms with van der Waals surface area (Å²) >= 11 is 4.75. The number of halogens is 1. The van der Waals surface area contributed by atoms with E-state index in [1.54, 1.807) is 7.11 Å². The van der Waals surface area contributed by atoms with E-state index in [9.17, 15) is 4.79 Å². The highest BCUT2D eigenvalue weighted by molar-refractivity contribution is 9.10. The van der Waals surface area contributed by atoms with Crippen molar-refractivity contribution in [2.45, 2.75) is 25.5 Å². The lowest BCUT2D eigenvalue weighted by atomic mass is 10.2. The summed E-state index contributed by atoms with van der Waals surface area (Å²) in [6, 6.07) is 9.76. The van der Waals surface area contributed by atoms with Crippen molar-refractivity contribution < 1.29 is 9.53 Å². The molecule has 2 heterocycles. The van der Waals surface area contributed by atoms with Gasteiger partial charge < -0.3 is 9.30 Å². The third kappa shape index (κ3) is 4.69. The zero-order valence-electron chi connectivity index (χ0n) is 15.5. The number of rotatable bonds is 8. The van der Waals surface area contributed by atoms with E-state index in [1.807, 2.05) is 44.2 Å². The van der Waals surface area contributed by atoms with Gasteiger partial charge in [-0.2, -0.15) is 0 Å². The Morgan fingerprint density at radius 1 is 1.30 bits per heavy atom. The highest BCUT2D eigenvalue weighted by Crippen LogP contribution is 2.23. The minimum atomic E-state index is 0.0757. The van der Waals surface area contributed by atoms with Crippen LogP contribution >= 0.6 is 27.7 Å². The second-order valence-corrected chi connectivity index (χ2v) is 7.97. The molecule has 0 atom stereocenters. The standard InChI is InChI=1S/C19H21BrN4O2S/c1-12-10-16(13(2)24(12)8-9-26-3)17(25)11-27-19-21-18(22-23-19)14-4-6-15(20)7-5-14/h4-7,10H,8-9,11H2,1-3H3,(H,21,22,23). The second-order valence-electron chi connectivity index (χ2n) is 6.11. The molecule has 8 heteroatoms. The molecule has 6 nitrogen and oxygen atoms in total. The van der Waals surface area contributed by atoms with Gasteiger partial charge in [0.25, 0.3) is 0 Å². The number of thioether (sulfide) groups is 1. The minimum Gasteiger partial charge on any atom is -0.383 e. The Labute approximate surface area is 170 Å². The quantitative estimate of drug-likeness (QED) is 0.411. The summed E-state index contributed by atoms with van der Waals surface area (Å²) in [6.45, 7) is 5.34. The number of aromatic amines is 1. The van der Waals surface area contributed by atoms with E-state index in [2.05, 4.69) is 35.7 Å². The number of nitrogens with one attached hydrogen (secondary N) is 1. The molecular weight excluding hydrogens is 428 g/mol. The molecule has 27 heavy (non-hydrogen) atoms. The number of benzene rings is 1. The van der Waals surface area contributed by atoms with Crippen LogP contribution in [0.25, 0.3) is 11.4 Å². The summed E-state index contributed by atoms with van der Waals surface area (Å²) in [5.74, 6) is 1.06. The lowest BCUT2D eigenvalue weighted by Gasteiger charge is -2.08. The number of nitrogens with zero attached hydrogens (tertiary/aromatic N) is 3. The number of Topliss-reactive ketones (excluding diaryl/α,β-unsaturated/α-hetero) is 1. The van der Waals surface area contributed by atoms with Crippen molar-refractivity contribution in [3.05, 3.63) is 51.8 Å². The van der Waals surface area contributed by atoms with Crippen molar-refractivity contribution in [3.63, 3.8) is 0 Å². The topological polar surface area (TPSA) is 72.8 Å². The van der Waals surface area contributed by atoms with Gasteiger partial charge in [0.05, 0.1) is 12.4 Å². The zero-order chi connectivity index (χ0) is 19.4. The summed E-state index contributed by atoms with van der Waals surface area (Å²) < 4.78 is 8.26. The van der Waals surface area contributed by atoms with Gasteiger partial charge in [-0.1, -0.05) is 39.8 Å². The minimum absolute atomic E-state index is 0.0757. The number of hydrogen-bond donors (Lipinski definition) is 1. The maximum atomic E-state index is 12.7. The van der Waals surface area contributed by atoms with Gasteiger partial charge >= 0.3 is 0 Å². The van der Waals surface area contributed by atoms with Crippen molar-refractivity contribution in [2.24, 2.45) is 0 Å². The molecule has 2 aromatic heterocycles. The molecule has 3 rings (SSSR count). The fourth-order valence-corrected chi connectivity index (χ4v) is 3.81. The van der Waals surface area contributed by atoms with Crippen LogP contribution in [-0.2, 0) is 11.3 Å². The third-order valence-corrected chi connectivity index (χ3v) is 5.68. The van der Waals surface area contributed by atoms with Crippen LogP contribution in [0.2, 0.25) is 0 Å². The van der Waals surface area contributed by atoms with Gasteiger partial charge in [0.2, 0.25) is 5.16 Å². The summed E-state index contributed by atoms with van der Waals surface area (Å²) in [7, 11) is 1.68. The van der Waals surface area contributed by atoms with E-state index >= 15 is 0 Å². The number of H-pyrrole nitrogens is 1. The number of methoxy groups -OCH3 is 1. The number of aryl methyl sites for hydroxylation is 1. The Hall–Kier alpha value is -1.90. The Morgan fingerprint density at radius 2 is 2.04 bits per heavy atom. The molecule has 0 fully saturated rings. The first-order valence-corrected chi connectivity index (χ1v) is 10.3.